The molecule has 5 heteroatoms. The van der Waals surface area contributed by atoms with E-state index in [-0.39, 0.29) is 11.9 Å². The maximum absolute atomic E-state index is 13.7. The summed E-state index contributed by atoms with van der Waals surface area (Å²) in [6, 6.07) is 4.91. The van der Waals surface area contributed by atoms with Gasteiger partial charge in [0.2, 0.25) is 0 Å². The van der Waals surface area contributed by atoms with Gasteiger partial charge in [0.25, 0.3) is 0 Å². The topological polar surface area (TPSA) is 43.8 Å². The van der Waals surface area contributed by atoms with Crippen LogP contribution in [0.15, 0.2) is 22.7 Å². The Bertz CT molecular complexity index is 637. The molecule has 3 nitrogen and oxygen atoms in total. The van der Waals surface area contributed by atoms with Gasteiger partial charge in [-0.05, 0) is 62.4 Å². The molecule has 1 aromatic carbocycles. The minimum absolute atomic E-state index is 0.0622. The van der Waals surface area contributed by atoms with Crippen molar-refractivity contribution in [3.8, 4) is 0 Å². The maximum Gasteiger partial charge on any atom is 0.126 e. The molecule has 0 saturated carbocycles. The van der Waals surface area contributed by atoms with Crippen LogP contribution in [0.5, 0.6) is 0 Å². The Kier molecular flexibility index (Phi) is 5.17. The third-order valence-corrected chi connectivity index (χ3v) is 4.41. The van der Waals surface area contributed by atoms with Gasteiger partial charge in [-0.3, -0.25) is 4.68 Å². The number of halogens is 2. The van der Waals surface area contributed by atoms with Crippen molar-refractivity contribution in [1.29, 1.82) is 0 Å². The molecule has 114 valence electrons. The number of hydrogen-bond acceptors (Lipinski definition) is 2. The van der Waals surface area contributed by atoms with E-state index in [0.29, 0.717) is 12.0 Å². The lowest BCUT2D eigenvalue weighted by Gasteiger charge is -2.13. The lowest BCUT2D eigenvalue weighted by atomic mass is 9.98. The van der Waals surface area contributed by atoms with E-state index in [0.717, 1.165) is 23.0 Å². The van der Waals surface area contributed by atoms with Crippen molar-refractivity contribution in [1.82, 2.24) is 9.78 Å². The fourth-order valence-corrected chi connectivity index (χ4v) is 3.00. The molecule has 0 saturated heterocycles. The molecule has 0 spiro atoms. The SMILES string of the molecule is Cc1nn(C)c(C)c1CCC(N)Cc1cc(Br)ccc1F. The molecule has 2 aromatic rings. The van der Waals surface area contributed by atoms with Gasteiger partial charge in [-0.25, -0.2) is 4.39 Å². The quantitative estimate of drug-likeness (QED) is 0.894. The summed E-state index contributed by atoms with van der Waals surface area (Å²) in [6.45, 7) is 4.08. The van der Waals surface area contributed by atoms with E-state index in [2.05, 4.69) is 28.0 Å². The summed E-state index contributed by atoms with van der Waals surface area (Å²) in [5.74, 6) is -0.192. The summed E-state index contributed by atoms with van der Waals surface area (Å²) in [5.41, 5.74) is 10.3. The fraction of sp³-hybridized carbons (Fsp3) is 0.438. The van der Waals surface area contributed by atoms with E-state index in [4.69, 9.17) is 5.73 Å². The summed E-state index contributed by atoms with van der Waals surface area (Å²) in [7, 11) is 1.95. The highest BCUT2D eigenvalue weighted by molar-refractivity contribution is 9.10. The van der Waals surface area contributed by atoms with Crippen molar-refractivity contribution in [2.75, 3.05) is 0 Å². The first-order valence-electron chi connectivity index (χ1n) is 7.07. The van der Waals surface area contributed by atoms with Crippen molar-refractivity contribution in [2.45, 2.75) is 39.2 Å². The Hall–Kier alpha value is -1.20. The molecule has 0 aliphatic heterocycles. The van der Waals surface area contributed by atoms with Gasteiger partial charge in [-0.1, -0.05) is 15.9 Å². The molecule has 1 unspecified atom stereocenters. The number of hydrogen-bond donors (Lipinski definition) is 1. The lowest BCUT2D eigenvalue weighted by Crippen LogP contribution is -2.24. The van der Waals surface area contributed by atoms with Gasteiger partial charge >= 0.3 is 0 Å². The predicted octanol–water partition coefficient (Wildman–Crippen LogP) is 3.44. The number of nitrogens with two attached hydrogens (primary N) is 1. The number of nitrogens with zero attached hydrogens (tertiary/aromatic N) is 2. The third kappa shape index (κ3) is 3.92. The summed E-state index contributed by atoms with van der Waals surface area (Å²) < 4.78 is 16.5. The average molecular weight is 354 g/mol. The second kappa shape index (κ2) is 6.71. The van der Waals surface area contributed by atoms with Gasteiger partial charge in [0.15, 0.2) is 0 Å². The Balaban J connectivity index is 1.99. The van der Waals surface area contributed by atoms with E-state index < -0.39 is 0 Å². The van der Waals surface area contributed by atoms with Crippen molar-refractivity contribution in [2.24, 2.45) is 12.8 Å². The van der Waals surface area contributed by atoms with Crippen LogP contribution in [0.3, 0.4) is 0 Å². The largest absolute Gasteiger partial charge is 0.327 e. The highest BCUT2D eigenvalue weighted by Crippen LogP contribution is 2.19. The number of benzene rings is 1. The predicted molar refractivity (Wildman–Crippen MR) is 86.8 cm³/mol. The normalized spacial score (nSPS) is 12.7. The van der Waals surface area contributed by atoms with Crippen molar-refractivity contribution in [3.05, 3.63) is 51.0 Å². The Morgan fingerprint density at radius 3 is 2.71 bits per heavy atom. The number of rotatable bonds is 5. The standard InChI is InChI=1S/C16H21BrFN3/c1-10-15(11(2)21(3)20-10)6-5-14(19)9-12-8-13(17)4-7-16(12)18/h4,7-8,14H,5-6,9,19H2,1-3H3. The van der Waals surface area contributed by atoms with Crippen LogP contribution in [0.1, 0.15) is 28.9 Å². The van der Waals surface area contributed by atoms with E-state index in [1.165, 1.54) is 17.3 Å². The number of aromatic nitrogens is 2. The van der Waals surface area contributed by atoms with Gasteiger partial charge < -0.3 is 5.73 Å². The fourth-order valence-electron chi connectivity index (χ4n) is 2.59. The Labute approximate surface area is 133 Å². The summed E-state index contributed by atoms with van der Waals surface area (Å²) in [4.78, 5) is 0. The molecule has 2 N–H and O–H groups in total. The van der Waals surface area contributed by atoms with Gasteiger partial charge in [-0.15, -0.1) is 0 Å². The maximum atomic E-state index is 13.7. The number of aryl methyl sites for hydroxylation is 2. The summed E-state index contributed by atoms with van der Waals surface area (Å²) >= 11 is 3.37. The van der Waals surface area contributed by atoms with Crippen LogP contribution in [0.2, 0.25) is 0 Å². The first-order chi connectivity index (χ1) is 9.88. The lowest BCUT2D eigenvalue weighted by molar-refractivity contribution is 0.565. The minimum atomic E-state index is -0.192. The summed E-state index contributed by atoms with van der Waals surface area (Å²) in [6.07, 6.45) is 2.24. The molecule has 0 radical (unpaired) electrons. The van der Waals surface area contributed by atoms with Crippen LogP contribution >= 0.6 is 15.9 Å². The zero-order chi connectivity index (χ0) is 15.6. The van der Waals surface area contributed by atoms with Gasteiger partial charge in [-0.2, -0.15) is 5.10 Å². The Morgan fingerprint density at radius 2 is 2.10 bits per heavy atom. The Morgan fingerprint density at radius 1 is 1.38 bits per heavy atom. The molecule has 1 atom stereocenters. The minimum Gasteiger partial charge on any atom is -0.327 e. The zero-order valence-electron chi connectivity index (χ0n) is 12.7. The van der Waals surface area contributed by atoms with Crippen molar-refractivity contribution >= 4 is 15.9 Å². The van der Waals surface area contributed by atoms with Gasteiger partial charge in [0.1, 0.15) is 5.82 Å². The van der Waals surface area contributed by atoms with Crippen LogP contribution in [0.4, 0.5) is 4.39 Å². The second-order valence-electron chi connectivity index (χ2n) is 5.51. The molecule has 21 heavy (non-hydrogen) atoms. The van der Waals surface area contributed by atoms with E-state index >= 15 is 0 Å². The molecule has 0 bridgehead atoms. The van der Waals surface area contributed by atoms with Crippen LogP contribution < -0.4 is 5.73 Å². The van der Waals surface area contributed by atoms with E-state index in [1.54, 1.807) is 12.1 Å². The zero-order valence-corrected chi connectivity index (χ0v) is 14.2. The average Bonchev–Trinajstić information content (AvgIpc) is 2.66. The van der Waals surface area contributed by atoms with E-state index in [1.807, 2.05) is 18.7 Å². The molecule has 1 heterocycles. The van der Waals surface area contributed by atoms with Crippen molar-refractivity contribution in [3.63, 3.8) is 0 Å². The third-order valence-electron chi connectivity index (χ3n) is 3.91. The highest BCUT2D eigenvalue weighted by atomic mass is 79.9. The molecular formula is C16H21BrFN3. The molecule has 0 amide bonds. The van der Waals surface area contributed by atoms with Crippen molar-refractivity contribution < 1.29 is 4.39 Å². The van der Waals surface area contributed by atoms with Crippen LogP contribution in [-0.4, -0.2) is 15.8 Å². The first-order valence-corrected chi connectivity index (χ1v) is 7.86. The molecule has 0 aliphatic rings. The molecule has 0 fully saturated rings. The van der Waals surface area contributed by atoms with Crippen LogP contribution in [0, 0.1) is 19.7 Å². The summed E-state index contributed by atoms with van der Waals surface area (Å²) in [5, 5.41) is 4.41. The van der Waals surface area contributed by atoms with Crippen LogP contribution in [-0.2, 0) is 19.9 Å². The smallest absolute Gasteiger partial charge is 0.126 e. The second-order valence-corrected chi connectivity index (χ2v) is 6.43. The van der Waals surface area contributed by atoms with Gasteiger partial charge in [0.05, 0.1) is 5.69 Å². The van der Waals surface area contributed by atoms with Crippen LogP contribution in [0.25, 0.3) is 0 Å². The molecular weight excluding hydrogens is 333 g/mol. The van der Waals surface area contributed by atoms with E-state index in [9.17, 15) is 4.39 Å². The molecule has 2 rings (SSSR count). The molecule has 0 aliphatic carbocycles. The molecule has 1 aromatic heterocycles. The van der Waals surface area contributed by atoms with Gasteiger partial charge in [0, 0.05) is 23.3 Å². The monoisotopic (exact) mass is 353 g/mol. The highest BCUT2D eigenvalue weighted by Gasteiger charge is 2.13. The first kappa shape index (κ1) is 16.2.